The van der Waals surface area contributed by atoms with Crippen molar-refractivity contribution in [2.45, 2.75) is 71.8 Å². The summed E-state index contributed by atoms with van der Waals surface area (Å²) in [5, 5.41) is 2.72. The highest BCUT2D eigenvalue weighted by atomic mass is 19.4. The van der Waals surface area contributed by atoms with Crippen LogP contribution in [0.1, 0.15) is 78.6 Å². The SMILES string of the molecule is CCCCCCC(Oc1cc(C)c(-c2ccc(OC(F)(F)F)cc2)c(C)c1)c1ccc(C(=O)NCCC(=O)OC)cc1. The first-order valence-corrected chi connectivity index (χ1v) is 14.1. The fourth-order valence-corrected chi connectivity index (χ4v) is 4.82. The maximum absolute atomic E-state index is 12.5. The largest absolute Gasteiger partial charge is 0.573 e. The van der Waals surface area contributed by atoms with E-state index in [-0.39, 0.29) is 36.7 Å². The van der Waals surface area contributed by atoms with Gasteiger partial charge in [0.2, 0.25) is 0 Å². The van der Waals surface area contributed by atoms with E-state index < -0.39 is 6.36 Å². The van der Waals surface area contributed by atoms with Crippen molar-refractivity contribution >= 4 is 11.9 Å². The molecule has 1 unspecified atom stereocenters. The summed E-state index contributed by atoms with van der Waals surface area (Å²) < 4.78 is 52.7. The number of benzene rings is 3. The first-order chi connectivity index (χ1) is 20.0. The number of rotatable bonds is 14. The van der Waals surface area contributed by atoms with Crippen molar-refractivity contribution in [3.63, 3.8) is 0 Å². The lowest BCUT2D eigenvalue weighted by Crippen LogP contribution is -2.26. The van der Waals surface area contributed by atoms with Crippen LogP contribution in [0.5, 0.6) is 11.5 Å². The third kappa shape index (κ3) is 9.82. The Bertz CT molecular complexity index is 1300. The lowest BCUT2D eigenvalue weighted by Gasteiger charge is -2.22. The van der Waals surface area contributed by atoms with Gasteiger partial charge in [0.25, 0.3) is 5.91 Å². The highest BCUT2D eigenvalue weighted by Crippen LogP contribution is 2.35. The molecular formula is C33H38F3NO5. The topological polar surface area (TPSA) is 73.9 Å². The van der Waals surface area contributed by atoms with Crippen molar-refractivity contribution in [3.05, 3.63) is 82.9 Å². The fraction of sp³-hybridized carbons (Fsp3) is 0.394. The molecule has 3 rings (SSSR count). The number of nitrogens with one attached hydrogen (secondary N) is 1. The molecule has 1 amide bonds. The summed E-state index contributed by atoms with van der Waals surface area (Å²) in [6, 6.07) is 17.0. The van der Waals surface area contributed by atoms with Crippen molar-refractivity contribution in [1.29, 1.82) is 0 Å². The number of carbonyl (C=O) groups is 2. The van der Waals surface area contributed by atoms with Crippen LogP contribution in [-0.2, 0) is 9.53 Å². The summed E-state index contributed by atoms with van der Waals surface area (Å²) in [5.74, 6) is -0.237. The first-order valence-electron chi connectivity index (χ1n) is 14.1. The number of methoxy groups -OCH3 is 1. The number of esters is 1. The second-order valence-corrected chi connectivity index (χ2v) is 10.2. The Balaban J connectivity index is 1.77. The number of hydrogen-bond donors (Lipinski definition) is 1. The van der Waals surface area contributed by atoms with E-state index in [0.717, 1.165) is 59.9 Å². The van der Waals surface area contributed by atoms with E-state index in [9.17, 15) is 22.8 Å². The summed E-state index contributed by atoms with van der Waals surface area (Å²) in [6.45, 7) is 6.24. The van der Waals surface area contributed by atoms with E-state index in [4.69, 9.17) is 4.74 Å². The van der Waals surface area contributed by atoms with Gasteiger partial charge < -0.3 is 19.5 Å². The highest BCUT2D eigenvalue weighted by Gasteiger charge is 2.31. The van der Waals surface area contributed by atoms with Crippen molar-refractivity contribution in [1.82, 2.24) is 5.32 Å². The van der Waals surface area contributed by atoms with Crippen LogP contribution in [0.4, 0.5) is 13.2 Å². The minimum absolute atomic E-state index is 0.101. The van der Waals surface area contributed by atoms with Gasteiger partial charge in [-0.05, 0) is 90.9 Å². The molecule has 0 aliphatic carbocycles. The van der Waals surface area contributed by atoms with E-state index in [1.165, 1.54) is 19.2 Å². The van der Waals surface area contributed by atoms with Crippen LogP contribution >= 0.6 is 0 Å². The molecule has 0 bridgehead atoms. The van der Waals surface area contributed by atoms with Crippen molar-refractivity contribution in [3.8, 4) is 22.6 Å². The Morgan fingerprint density at radius 1 is 0.881 bits per heavy atom. The third-order valence-electron chi connectivity index (χ3n) is 6.87. The summed E-state index contributed by atoms with van der Waals surface area (Å²) in [4.78, 5) is 23.8. The molecule has 0 radical (unpaired) electrons. The Morgan fingerprint density at radius 3 is 2.10 bits per heavy atom. The molecule has 9 heteroatoms. The van der Waals surface area contributed by atoms with Gasteiger partial charge in [0.15, 0.2) is 0 Å². The molecule has 0 aromatic heterocycles. The number of amides is 1. The lowest BCUT2D eigenvalue weighted by molar-refractivity contribution is -0.274. The van der Waals surface area contributed by atoms with Crippen LogP contribution in [0.15, 0.2) is 60.7 Å². The standard InChI is InChI=1S/C33H38F3NO5/c1-5-6-7-8-9-29(24-10-12-26(13-11-24)32(39)37-19-18-30(38)40-4)41-28-20-22(2)31(23(3)21-28)25-14-16-27(17-15-25)42-33(34,35)36/h10-17,20-21,29H,5-9,18-19H2,1-4H3,(H,37,39). The molecule has 1 atom stereocenters. The predicted molar refractivity (Wildman–Crippen MR) is 156 cm³/mol. The number of unbranched alkanes of at least 4 members (excludes halogenated alkanes) is 3. The minimum Gasteiger partial charge on any atom is -0.486 e. The monoisotopic (exact) mass is 585 g/mol. The van der Waals surface area contributed by atoms with Crippen LogP contribution in [0.3, 0.4) is 0 Å². The molecule has 0 aliphatic rings. The van der Waals surface area contributed by atoms with Crippen LogP contribution in [0.25, 0.3) is 11.1 Å². The molecule has 3 aromatic carbocycles. The molecule has 226 valence electrons. The smallest absolute Gasteiger partial charge is 0.486 e. The zero-order chi connectivity index (χ0) is 30.7. The van der Waals surface area contributed by atoms with E-state index in [1.807, 2.05) is 38.1 Å². The van der Waals surface area contributed by atoms with Gasteiger partial charge in [-0.2, -0.15) is 0 Å². The van der Waals surface area contributed by atoms with Gasteiger partial charge in [-0.1, -0.05) is 50.5 Å². The maximum Gasteiger partial charge on any atom is 0.573 e. The second kappa shape index (κ2) is 15.3. The number of aryl methyl sites for hydroxylation is 2. The molecule has 42 heavy (non-hydrogen) atoms. The molecule has 0 fully saturated rings. The summed E-state index contributed by atoms with van der Waals surface area (Å²) in [7, 11) is 1.31. The molecule has 0 spiro atoms. The molecule has 1 N–H and O–H groups in total. The van der Waals surface area contributed by atoms with Gasteiger partial charge in [0, 0.05) is 12.1 Å². The van der Waals surface area contributed by atoms with E-state index in [1.54, 1.807) is 24.3 Å². The molecule has 0 aliphatic heterocycles. The van der Waals surface area contributed by atoms with Crippen LogP contribution in [0.2, 0.25) is 0 Å². The number of halogens is 3. The number of hydrogen-bond acceptors (Lipinski definition) is 5. The van der Waals surface area contributed by atoms with Crippen molar-refractivity contribution in [2.75, 3.05) is 13.7 Å². The van der Waals surface area contributed by atoms with Gasteiger partial charge in [-0.3, -0.25) is 9.59 Å². The van der Waals surface area contributed by atoms with Gasteiger partial charge in [0.05, 0.1) is 13.5 Å². The number of carbonyl (C=O) groups excluding carboxylic acids is 2. The Morgan fingerprint density at radius 2 is 1.52 bits per heavy atom. The molecule has 6 nitrogen and oxygen atoms in total. The predicted octanol–water partition coefficient (Wildman–Crippen LogP) is 8.25. The number of alkyl halides is 3. The Kier molecular flexibility index (Phi) is 11.8. The minimum atomic E-state index is -4.74. The van der Waals surface area contributed by atoms with Gasteiger partial charge in [0.1, 0.15) is 17.6 Å². The summed E-state index contributed by atoms with van der Waals surface area (Å²) >= 11 is 0. The quantitative estimate of drug-likeness (QED) is 0.152. The molecule has 0 saturated heterocycles. The average Bonchev–Trinajstić information content (AvgIpc) is 2.94. The van der Waals surface area contributed by atoms with E-state index in [0.29, 0.717) is 11.3 Å². The second-order valence-electron chi connectivity index (χ2n) is 10.2. The zero-order valence-corrected chi connectivity index (χ0v) is 24.5. The molecule has 3 aromatic rings. The van der Waals surface area contributed by atoms with Crippen LogP contribution in [0, 0.1) is 13.8 Å². The van der Waals surface area contributed by atoms with E-state index >= 15 is 0 Å². The first kappa shape index (κ1) is 32.5. The van der Waals surface area contributed by atoms with Gasteiger partial charge in [-0.15, -0.1) is 13.2 Å². The third-order valence-corrected chi connectivity index (χ3v) is 6.87. The molecule has 0 saturated carbocycles. The maximum atomic E-state index is 12.5. The number of ether oxygens (including phenoxy) is 3. The van der Waals surface area contributed by atoms with E-state index in [2.05, 4.69) is 21.7 Å². The average molecular weight is 586 g/mol. The van der Waals surface area contributed by atoms with Crippen LogP contribution in [-0.4, -0.2) is 31.9 Å². The van der Waals surface area contributed by atoms with Crippen LogP contribution < -0.4 is 14.8 Å². The lowest BCUT2D eigenvalue weighted by atomic mass is 9.95. The normalized spacial score (nSPS) is 12.0. The zero-order valence-electron chi connectivity index (χ0n) is 24.5. The molecule has 0 heterocycles. The van der Waals surface area contributed by atoms with Crippen molar-refractivity contribution in [2.24, 2.45) is 0 Å². The Hall–Kier alpha value is -4.01. The fourth-order valence-electron chi connectivity index (χ4n) is 4.82. The van der Waals surface area contributed by atoms with Crippen molar-refractivity contribution < 1.29 is 37.0 Å². The Labute approximate surface area is 245 Å². The highest BCUT2D eigenvalue weighted by molar-refractivity contribution is 5.94. The summed E-state index contributed by atoms with van der Waals surface area (Å²) in [5.41, 5.74) is 4.98. The summed E-state index contributed by atoms with van der Waals surface area (Å²) in [6.07, 6.45) is 0.248. The van der Waals surface area contributed by atoms with Gasteiger partial charge in [-0.25, -0.2) is 0 Å². The van der Waals surface area contributed by atoms with Gasteiger partial charge >= 0.3 is 12.3 Å². The molecular weight excluding hydrogens is 547 g/mol.